The van der Waals surface area contributed by atoms with Crippen molar-refractivity contribution in [3.63, 3.8) is 0 Å². The van der Waals surface area contributed by atoms with Gasteiger partial charge < -0.3 is 28.4 Å². The molecule has 9 aromatic carbocycles. The summed E-state index contributed by atoms with van der Waals surface area (Å²) in [7, 11) is -0.920. The van der Waals surface area contributed by atoms with E-state index in [1.807, 2.05) is 0 Å². The Morgan fingerprint density at radius 3 is 0.833 bits per heavy atom. The quantitative estimate of drug-likeness (QED) is 0.0284. The van der Waals surface area contributed by atoms with Gasteiger partial charge in [0.25, 0.3) is 0 Å². The third-order valence-electron chi connectivity index (χ3n) is 26.0. The van der Waals surface area contributed by atoms with Crippen LogP contribution in [0.25, 0.3) is 44.5 Å². The maximum atomic E-state index is 6.70. The summed E-state index contributed by atoms with van der Waals surface area (Å²) in [5, 5.41) is 0. The Labute approximate surface area is 652 Å². The van der Waals surface area contributed by atoms with Crippen molar-refractivity contribution in [3.8, 4) is 44.5 Å². The molecule has 0 unspecified atom stereocenters. The summed E-state index contributed by atoms with van der Waals surface area (Å²) in [5.74, 6) is 0. The first-order chi connectivity index (χ1) is 52.4. The molecule has 0 N–H and O–H groups in total. The van der Waals surface area contributed by atoms with Crippen LogP contribution in [0.5, 0.6) is 0 Å². The van der Waals surface area contributed by atoms with Crippen LogP contribution in [0, 0.1) is 0 Å². The van der Waals surface area contributed by atoms with E-state index in [2.05, 4.69) is 299 Å². The van der Waals surface area contributed by atoms with E-state index in [0.29, 0.717) is 0 Å². The van der Waals surface area contributed by atoms with E-state index in [9.17, 15) is 0 Å². The Bertz CT molecular complexity index is 4060. The van der Waals surface area contributed by atoms with Gasteiger partial charge in [0, 0.05) is 44.7 Å². The lowest BCUT2D eigenvalue weighted by Gasteiger charge is -2.36. The molecular weight excluding hydrogens is 1310 g/mol. The number of nitrogens with zero attached hydrogens (tertiary/aromatic N) is 2. The third kappa shape index (κ3) is 16.5. The summed E-state index contributed by atoms with van der Waals surface area (Å²) in [6.45, 7) is 26.6. The Balaban J connectivity index is 1.02. The second-order valence-corrected chi connectivity index (χ2v) is 34.4. The molecule has 2 aliphatic carbocycles. The molecule has 8 heteroatoms. The summed E-state index contributed by atoms with van der Waals surface area (Å²) in [4.78, 5) is 5.13. The van der Waals surface area contributed by atoms with E-state index in [0.717, 1.165) is 59.4 Å². The number of rotatable bonds is 38. The van der Waals surface area contributed by atoms with Gasteiger partial charge in [0.2, 0.25) is 0 Å². The highest BCUT2D eigenvalue weighted by atomic mass is 16.7. The lowest BCUT2D eigenvalue weighted by Crippen LogP contribution is -2.41. The molecule has 0 radical (unpaired) electrons. The van der Waals surface area contributed by atoms with Crippen LogP contribution in [-0.4, -0.2) is 36.6 Å². The lowest BCUT2D eigenvalue weighted by atomic mass is 9.68. The van der Waals surface area contributed by atoms with Gasteiger partial charge in [0.1, 0.15) is 0 Å². The number of hydrogen-bond acceptors (Lipinski definition) is 6. The second kappa shape index (κ2) is 34.9. The Hall–Kier alpha value is -7.45. The molecule has 0 amide bonds. The van der Waals surface area contributed by atoms with Crippen LogP contribution >= 0.6 is 0 Å². The molecular formula is C100H126B2N2O4. The van der Waals surface area contributed by atoms with Crippen molar-refractivity contribution in [2.75, 3.05) is 9.80 Å². The number of fused-ring (bicyclic) bond motifs is 6. The van der Waals surface area contributed by atoms with E-state index in [4.69, 9.17) is 18.6 Å². The van der Waals surface area contributed by atoms with Gasteiger partial charge in [0.05, 0.1) is 33.8 Å². The number of benzene rings is 9. The third-order valence-corrected chi connectivity index (χ3v) is 26.0. The molecule has 6 nitrogen and oxygen atoms in total. The van der Waals surface area contributed by atoms with Crippen LogP contribution in [0.15, 0.2) is 206 Å². The number of anilines is 6. The van der Waals surface area contributed by atoms with Gasteiger partial charge in [-0.05, 0) is 220 Å². The minimum atomic E-state index is -0.460. The Morgan fingerprint density at radius 2 is 0.519 bits per heavy atom. The SMILES string of the molecule is CCCCCCCCC1(CCCCCCCC)c2cc(N(c3ccc(B4OC(C)(C)C(C)(C)O4)cc3)c3ccccc3-c3ccccc3)ccc2-c2cc3c(cc21)-c1ccc(N(c2ccc(B4OC(C)(C)C(C)(C)O4)cc2)c2ccccc2-c2ccccc2)cc1C3(CCCCCCCC)CCCCCCCC. The minimum Gasteiger partial charge on any atom is -0.399 e. The monoisotopic (exact) mass is 1440 g/mol. The molecule has 2 fully saturated rings. The lowest BCUT2D eigenvalue weighted by molar-refractivity contribution is 0.00578. The zero-order chi connectivity index (χ0) is 75.5. The topological polar surface area (TPSA) is 43.4 Å². The van der Waals surface area contributed by atoms with Gasteiger partial charge in [-0.2, -0.15) is 0 Å². The first-order valence-electron chi connectivity index (χ1n) is 42.7. The maximum Gasteiger partial charge on any atom is 0.494 e. The average Bonchev–Trinajstić information content (AvgIpc) is 1.53. The fourth-order valence-corrected chi connectivity index (χ4v) is 18.3. The smallest absolute Gasteiger partial charge is 0.399 e. The molecule has 0 saturated carbocycles. The van der Waals surface area contributed by atoms with Crippen molar-refractivity contribution in [1.29, 1.82) is 0 Å². The van der Waals surface area contributed by atoms with Crippen LogP contribution in [0.4, 0.5) is 34.1 Å². The van der Waals surface area contributed by atoms with Crippen molar-refractivity contribution < 1.29 is 18.6 Å². The highest BCUT2D eigenvalue weighted by Crippen LogP contribution is 2.63. The zero-order valence-electron chi connectivity index (χ0n) is 68.1. The Kier molecular flexibility index (Phi) is 25.4. The van der Waals surface area contributed by atoms with Gasteiger partial charge in [-0.25, -0.2) is 0 Å². The first-order valence-corrected chi connectivity index (χ1v) is 42.7. The van der Waals surface area contributed by atoms with Crippen LogP contribution < -0.4 is 20.7 Å². The highest BCUT2D eigenvalue weighted by Gasteiger charge is 2.54. The largest absolute Gasteiger partial charge is 0.494 e. The highest BCUT2D eigenvalue weighted by molar-refractivity contribution is 6.62. The van der Waals surface area contributed by atoms with Crippen molar-refractivity contribution >= 4 is 59.3 Å². The van der Waals surface area contributed by atoms with E-state index in [-0.39, 0.29) is 10.8 Å². The van der Waals surface area contributed by atoms with Gasteiger partial charge >= 0.3 is 14.2 Å². The zero-order valence-corrected chi connectivity index (χ0v) is 68.1. The molecule has 566 valence electrons. The second-order valence-electron chi connectivity index (χ2n) is 34.4. The molecule has 0 atom stereocenters. The van der Waals surface area contributed by atoms with Gasteiger partial charge in [-0.3, -0.25) is 0 Å². The number of hydrogen-bond donors (Lipinski definition) is 0. The molecule has 0 spiro atoms. The van der Waals surface area contributed by atoms with Gasteiger partial charge in [-0.1, -0.05) is 315 Å². The fraction of sp³-hybridized carbons (Fsp3) is 0.460. The fourth-order valence-electron chi connectivity index (χ4n) is 18.3. The molecule has 108 heavy (non-hydrogen) atoms. The van der Waals surface area contributed by atoms with E-state index < -0.39 is 36.6 Å². The summed E-state index contributed by atoms with van der Waals surface area (Å²) < 4.78 is 26.8. The van der Waals surface area contributed by atoms with E-state index in [1.165, 1.54) is 221 Å². The van der Waals surface area contributed by atoms with Crippen molar-refractivity contribution in [3.05, 3.63) is 229 Å². The Morgan fingerprint density at radius 1 is 0.250 bits per heavy atom. The molecule has 0 bridgehead atoms. The van der Waals surface area contributed by atoms with Gasteiger partial charge in [-0.15, -0.1) is 0 Å². The van der Waals surface area contributed by atoms with E-state index >= 15 is 0 Å². The van der Waals surface area contributed by atoms with Gasteiger partial charge in [0.15, 0.2) is 0 Å². The molecule has 0 aromatic heterocycles. The average molecular weight is 1440 g/mol. The summed E-state index contributed by atoms with van der Waals surface area (Å²) in [6, 6.07) is 79.6. The minimum absolute atomic E-state index is 0.218. The molecule has 9 aromatic rings. The maximum absolute atomic E-state index is 6.70. The predicted octanol–water partition coefficient (Wildman–Crippen LogP) is 28.1. The predicted molar refractivity (Wildman–Crippen MR) is 463 cm³/mol. The van der Waals surface area contributed by atoms with Crippen LogP contribution in [0.1, 0.15) is 285 Å². The van der Waals surface area contributed by atoms with Crippen molar-refractivity contribution in [2.45, 2.75) is 296 Å². The number of unbranched alkanes of at least 4 members (excludes halogenated alkanes) is 20. The van der Waals surface area contributed by atoms with Crippen molar-refractivity contribution in [1.82, 2.24) is 0 Å². The molecule has 4 aliphatic rings. The van der Waals surface area contributed by atoms with Crippen LogP contribution in [0.3, 0.4) is 0 Å². The molecule has 2 heterocycles. The van der Waals surface area contributed by atoms with E-state index in [1.54, 1.807) is 11.1 Å². The summed E-state index contributed by atoms with van der Waals surface area (Å²) in [5.41, 5.74) is 23.5. The van der Waals surface area contributed by atoms with Crippen molar-refractivity contribution in [2.24, 2.45) is 0 Å². The number of para-hydroxylation sites is 2. The van der Waals surface area contributed by atoms with Crippen LogP contribution in [0.2, 0.25) is 0 Å². The standard InChI is InChI=1S/C100H126B2N2O4/c1-13-17-21-25-29-43-67-99(68-44-30-26-22-18-14-2)89-71-81(103(93-53-41-39-51-83(93)75-47-35-33-36-48-75)79-59-55-77(56-60-79)101-105-95(5,6)96(7,8)106-101)63-65-85(89)87-74-92-88(73-91(87)99)86-66-64-82(72-90(86)100(92,69-45-31-27-23-19-15-3)70-46-32-28-24-20-16-4)104(94-54-42-40-52-84(94)76-49-37-34-38-50-76)80-61-57-78(58-62-80)102-107-97(9,10)98(11,12)108-102/h33-42,47-66,71-74H,13-32,43-46,67-70H2,1-12H3. The summed E-state index contributed by atoms with van der Waals surface area (Å²) in [6.07, 6.45) is 34.8. The molecule has 13 rings (SSSR count). The van der Waals surface area contributed by atoms with Crippen LogP contribution in [-0.2, 0) is 29.4 Å². The molecule has 2 saturated heterocycles. The molecule has 2 aliphatic heterocycles. The summed E-state index contributed by atoms with van der Waals surface area (Å²) >= 11 is 0. The normalized spacial score (nSPS) is 16.5. The first kappa shape index (κ1) is 78.7.